The highest BCUT2D eigenvalue weighted by Crippen LogP contribution is 2.24. The predicted octanol–water partition coefficient (Wildman–Crippen LogP) is 2.95. The van der Waals surface area contributed by atoms with Crippen molar-refractivity contribution in [2.24, 2.45) is 0 Å². The van der Waals surface area contributed by atoms with Gasteiger partial charge in [-0.25, -0.2) is 4.79 Å². The summed E-state index contributed by atoms with van der Waals surface area (Å²) in [6.45, 7) is 3.88. The zero-order valence-corrected chi connectivity index (χ0v) is 10.9. The number of nitrogens with zero attached hydrogens (tertiary/aromatic N) is 1. The van der Waals surface area contributed by atoms with Crippen LogP contribution in [0.5, 0.6) is 0 Å². The van der Waals surface area contributed by atoms with Crippen LogP contribution in [0.4, 0.5) is 0 Å². The molecule has 0 aliphatic rings. The van der Waals surface area contributed by atoms with Crippen LogP contribution in [0, 0.1) is 18.3 Å². The molecule has 96 valence electrons. The number of aromatic amines is 1. The molecule has 2 rings (SSSR count). The smallest absolute Gasteiger partial charge is 0.348 e. The summed E-state index contributed by atoms with van der Waals surface area (Å²) >= 11 is 0. The van der Waals surface area contributed by atoms with Crippen molar-refractivity contribution in [3.8, 4) is 6.07 Å². The Kier molecular flexibility index (Phi) is 3.67. The van der Waals surface area contributed by atoms with Crippen molar-refractivity contribution in [2.75, 3.05) is 6.61 Å². The lowest BCUT2D eigenvalue weighted by Crippen LogP contribution is -2.06. The van der Waals surface area contributed by atoms with Crippen molar-refractivity contribution in [3.63, 3.8) is 0 Å². The fraction of sp³-hybridized carbons (Fsp3) is 0.200. The topological polar surface area (TPSA) is 65.9 Å². The van der Waals surface area contributed by atoms with Gasteiger partial charge in [0.05, 0.1) is 6.61 Å². The molecule has 4 heteroatoms. The van der Waals surface area contributed by atoms with Gasteiger partial charge in [-0.15, -0.1) is 0 Å². The van der Waals surface area contributed by atoms with Gasteiger partial charge < -0.3 is 9.72 Å². The lowest BCUT2D eigenvalue weighted by Gasteiger charge is -2.00. The van der Waals surface area contributed by atoms with E-state index in [0.29, 0.717) is 0 Å². The Balaban J connectivity index is 2.52. The predicted molar refractivity (Wildman–Crippen MR) is 73.3 cm³/mol. The largest absolute Gasteiger partial charge is 0.462 e. The first-order chi connectivity index (χ1) is 9.17. The first-order valence-electron chi connectivity index (χ1n) is 6.03. The number of ether oxygens (including phenoxy) is 1. The molecule has 0 saturated carbocycles. The Hall–Kier alpha value is -2.54. The quantitative estimate of drug-likeness (QED) is 0.520. The zero-order chi connectivity index (χ0) is 13.8. The van der Waals surface area contributed by atoms with Gasteiger partial charge in [-0.1, -0.05) is 18.2 Å². The van der Waals surface area contributed by atoms with Gasteiger partial charge in [0.25, 0.3) is 0 Å². The van der Waals surface area contributed by atoms with Gasteiger partial charge in [-0.05, 0) is 26.0 Å². The molecular weight excluding hydrogens is 240 g/mol. The normalized spacial score (nSPS) is 11.3. The third kappa shape index (κ3) is 2.50. The van der Waals surface area contributed by atoms with Crippen LogP contribution in [0.2, 0.25) is 0 Å². The molecule has 19 heavy (non-hydrogen) atoms. The van der Waals surface area contributed by atoms with E-state index in [9.17, 15) is 4.79 Å². The van der Waals surface area contributed by atoms with Crippen LogP contribution in [0.1, 0.15) is 18.2 Å². The number of esters is 1. The Morgan fingerprint density at radius 3 is 2.89 bits per heavy atom. The molecule has 1 aromatic heterocycles. The molecule has 2 aromatic rings. The minimum atomic E-state index is -0.588. The molecule has 0 atom stereocenters. The highest BCUT2D eigenvalue weighted by molar-refractivity contribution is 6.01. The van der Waals surface area contributed by atoms with E-state index in [1.54, 1.807) is 13.0 Å². The Bertz CT molecular complexity index is 690. The summed E-state index contributed by atoms with van der Waals surface area (Å²) in [6.07, 6.45) is 1.58. The number of carbonyl (C=O) groups excluding carboxylic acids is 1. The summed E-state index contributed by atoms with van der Waals surface area (Å²) < 4.78 is 4.86. The maximum Gasteiger partial charge on any atom is 0.348 e. The van der Waals surface area contributed by atoms with E-state index in [-0.39, 0.29) is 12.2 Å². The first kappa shape index (κ1) is 12.9. The second kappa shape index (κ2) is 5.40. The summed E-state index contributed by atoms with van der Waals surface area (Å²) in [5.41, 5.74) is 2.75. The van der Waals surface area contributed by atoms with Crippen molar-refractivity contribution < 1.29 is 9.53 Å². The first-order valence-corrected chi connectivity index (χ1v) is 6.03. The van der Waals surface area contributed by atoms with Gasteiger partial charge >= 0.3 is 5.97 Å². The molecule has 1 heterocycles. The average Bonchev–Trinajstić information content (AvgIpc) is 2.72. The Morgan fingerprint density at radius 2 is 2.21 bits per heavy atom. The molecule has 0 fully saturated rings. The van der Waals surface area contributed by atoms with Crippen LogP contribution in [0.15, 0.2) is 29.8 Å². The summed E-state index contributed by atoms with van der Waals surface area (Å²) in [5.74, 6) is -0.588. The second-order valence-corrected chi connectivity index (χ2v) is 4.10. The van der Waals surface area contributed by atoms with Gasteiger partial charge in [0, 0.05) is 22.2 Å². The van der Waals surface area contributed by atoms with E-state index in [2.05, 4.69) is 4.98 Å². The summed E-state index contributed by atoms with van der Waals surface area (Å²) in [6, 6.07) is 9.65. The maximum atomic E-state index is 11.6. The van der Waals surface area contributed by atoms with Gasteiger partial charge in [0.15, 0.2) is 0 Å². The molecule has 0 amide bonds. The van der Waals surface area contributed by atoms with Crippen molar-refractivity contribution >= 4 is 22.9 Å². The monoisotopic (exact) mass is 254 g/mol. The number of para-hydroxylation sites is 1. The molecule has 0 aliphatic heterocycles. The van der Waals surface area contributed by atoms with Gasteiger partial charge in [0.2, 0.25) is 0 Å². The second-order valence-electron chi connectivity index (χ2n) is 4.10. The van der Waals surface area contributed by atoms with Crippen molar-refractivity contribution in [1.29, 1.82) is 5.26 Å². The number of nitrogens with one attached hydrogen (secondary N) is 1. The molecule has 0 unspecified atom stereocenters. The number of H-pyrrole nitrogens is 1. The standard InChI is InChI=1S/C15H14N2O2/c1-3-19-15(18)11(9-16)8-13-10(2)17-14-7-5-4-6-12(13)14/h4-8,17H,3H2,1-2H3. The van der Waals surface area contributed by atoms with E-state index < -0.39 is 5.97 Å². The maximum absolute atomic E-state index is 11.6. The number of hydrogen-bond acceptors (Lipinski definition) is 3. The molecule has 1 N–H and O–H groups in total. The number of hydrogen-bond donors (Lipinski definition) is 1. The van der Waals surface area contributed by atoms with E-state index in [4.69, 9.17) is 10.00 Å². The number of nitriles is 1. The van der Waals surface area contributed by atoms with Crippen LogP contribution >= 0.6 is 0 Å². The van der Waals surface area contributed by atoms with E-state index in [1.165, 1.54) is 0 Å². The van der Waals surface area contributed by atoms with Gasteiger partial charge in [0.1, 0.15) is 11.6 Å². The number of fused-ring (bicyclic) bond motifs is 1. The van der Waals surface area contributed by atoms with Crippen LogP contribution in [-0.2, 0) is 9.53 Å². The summed E-state index contributed by atoms with van der Waals surface area (Å²) in [7, 11) is 0. The molecule has 4 nitrogen and oxygen atoms in total. The Labute approximate surface area is 111 Å². The van der Waals surface area contributed by atoms with Crippen molar-refractivity contribution in [1.82, 2.24) is 4.98 Å². The third-order valence-corrected chi connectivity index (χ3v) is 2.85. The molecule has 1 aromatic carbocycles. The van der Waals surface area contributed by atoms with E-state index >= 15 is 0 Å². The fourth-order valence-electron chi connectivity index (χ4n) is 1.97. The summed E-state index contributed by atoms with van der Waals surface area (Å²) in [4.78, 5) is 14.8. The van der Waals surface area contributed by atoms with Crippen molar-refractivity contribution in [3.05, 3.63) is 41.1 Å². The number of carbonyl (C=O) groups is 1. The minimum absolute atomic E-state index is 0.00898. The minimum Gasteiger partial charge on any atom is -0.462 e. The van der Waals surface area contributed by atoms with Crippen LogP contribution in [0.3, 0.4) is 0 Å². The Morgan fingerprint density at radius 1 is 1.47 bits per heavy atom. The highest BCUT2D eigenvalue weighted by atomic mass is 16.5. The number of aromatic nitrogens is 1. The molecule has 0 bridgehead atoms. The van der Waals surface area contributed by atoms with E-state index in [1.807, 2.05) is 37.3 Å². The molecular formula is C15H14N2O2. The highest BCUT2D eigenvalue weighted by Gasteiger charge is 2.13. The van der Waals surface area contributed by atoms with Crippen LogP contribution in [-0.4, -0.2) is 17.6 Å². The number of aryl methyl sites for hydroxylation is 1. The molecule has 0 saturated heterocycles. The van der Waals surface area contributed by atoms with Gasteiger partial charge in [-0.2, -0.15) is 5.26 Å². The zero-order valence-electron chi connectivity index (χ0n) is 10.9. The lowest BCUT2D eigenvalue weighted by molar-refractivity contribution is -0.137. The molecule has 0 radical (unpaired) electrons. The average molecular weight is 254 g/mol. The number of benzene rings is 1. The summed E-state index contributed by atoms with van der Waals surface area (Å²) in [5, 5.41) is 10.0. The molecule has 0 aliphatic carbocycles. The van der Waals surface area contributed by atoms with Crippen LogP contribution in [0.25, 0.3) is 17.0 Å². The van der Waals surface area contributed by atoms with Crippen LogP contribution < -0.4 is 0 Å². The lowest BCUT2D eigenvalue weighted by atomic mass is 10.1. The SMILES string of the molecule is CCOC(=O)C(C#N)=Cc1c(C)[nH]c2ccccc12. The van der Waals surface area contributed by atoms with Gasteiger partial charge in [-0.3, -0.25) is 0 Å². The fourth-order valence-corrected chi connectivity index (χ4v) is 1.97. The number of rotatable bonds is 3. The van der Waals surface area contributed by atoms with Crippen molar-refractivity contribution in [2.45, 2.75) is 13.8 Å². The third-order valence-electron chi connectivity index (χ3n) is 2.85. The van der Waals surface area contributed by atoms with E-state index in [0.717, 1.165) is 22.2 Å². The molecule has 0 spiro atoms.